The van der Waals surface area contributed by atoms with Crippen molar-refractivity contribution >= 4 is 0 Å². The standard InChI is InChI=1S/C17H33NO/c1-13(2)16(11-18-17(4,5)6)19-12-15-10-8-7-9-14(15)3/h7-8,13-16,18H,9-12H2,1-6H3. The van der Waals surface area contributed by atoms with Crippen LogP contribution in [0.2, 0.25) is 0 Å². The first-order chi connectivity index (χ1) is 8.79. The average Bonchev–Trinajstić information content (AvgIpc) is 2.29. The number of hydrogen-bond donors (Lipinski definition) is 1. The second-order valence-electron chi connectivity index (χ2n) is 7.43. The topological polar surface area (TPSA) is 21.3 Å². The molecule has 1 aliphatic carbocycles. The van der Waals surface area contributed by atoms with Gasteiger partial charge in [-0.25, -0.2) is 0 Å². The molecule has 0 bridgehead atoms. The molecule has 0 spiro atoms. The van der Waals surface area contributed by atoms with Crippen molar-refractivity contribution in [3.8, 4) is 0 Å². The first kappa shape index (κ1) is 16.7. The average molecular weight is 267 g/mol. The van der Waals surface area contributed by atoms with Crippen molar-refractivity contribution in [2.45, 2.75) is 66.0 Å². The highest BCUT2D eigenvalue weighted by molar-refractivity contribution is 4.93. The number of nitrogens with one attached hydrogen (secondary N) is 1. The molecule has 1 aliphatic rings. The maximum Gasteiger partial charge on any atom is 0.0722 e. The summed E-state index contributed by atoms with van der Waals surface area (Å²) < 4.78 is 6.21. The molecule has 19 heavy (non-hydrogen) atoms. The van der Waals surface area contributed by atoms with Crippen LogP contribution in [0.5, 0.6) is 0 Å². The van der Waals surface area contributed by atoms with Gasteiger partial charge in [-0.15, -0.1) is 0 Å². The first-order valence-electron chi connectivity index (χ1n) is 7.81. The van der Waals surface area contributed by atoms with E-state index in [-0.39, 0.29) is 5.54 Å². The van der Waals surface area contributed by atoms with E-state index in [0.29, 0.717) is 17.9 Å². The van der Waals surface area contributed by atoms with Gasteiger partial charge in [-0.2, -0.15) is 0 Å². The lowest BCUT2D eigenvalue weighted by Crippen LogP contribution is -2.43. The van der Waals surface area contributed by atoms with E-state index in [1.54, 1.807) is 0 Å². The monoisotopic (exact) mass is 267 g/mol. The summed E-state index contributed by atoms with van der Waals surface area (Å²) in [4.78, 5) is 0. The van der Waals surface area contributed by atoms with E-state index in [1.807, 2.05) is 0 Å². The predicted molar refractivity (Wildman–Crippen MR) is 83.4 cm³/mol. The van der Waals surface area contributed by atoms with Crippen LogP contribution in [0.1, 0.15) is 54.4 Å². The van der Waals surface area contributed by atoms with E-state index in [1.165, 1.54) is 12.8 Å². The van der Waals surface area contributed by atoms with E-state index in [2.05, 4.69) is 59.0 Å². The molecule has 0 fully saturated rings. The SMILES string of the molecule is CC(C)C(CNC(C)(C)C)OCC1CC=CCC1C. The fourth-order valence-electron chi connectivity index (χ4n) is 2.38. The Morgan fingerprint density at radius 3 is 2.37 bits per heavy atom. The maximum absolute atomic E-state index is 6.21. The van der Waals surface area contributed by atoms with Crippen molar-refractivity contribution in [3.63, 3.8) is 0 Å². The summed E-state index contributed by atoms with van der Waals surface area (Å²) in [5, 5.41) is 3.56. The molecule has 0 saturated carbocycles. The molecule has 112 valence electrons. The third kappa shape index (κ3) is 6.58. The van der Waals surface area contributed by atoms with Gasteiger partial charge in [-0.05, 0) is 51.4 Å². The number of hydrogen-bond acceptors (Lipinski definition) is 2. The van der Waals surface area contributed by atoms with Gasteiger partial charge >= 0.3 is 0 Å². The molecular weight excluding hydrogens is 234 g/mol. The number of rotatable bonds is 6. The summed E-state index contributed by atoms with van der Waals surface area (Å²) in [7, 11) is 0. The van der Waals surface area contributed by atoms with Crippen LogP contribution in [-0.4, -0.2) is 24.8 Å². The van der Waals surface area contributed by atoms with Gasteiger partial charge in [0.2, 0.25) is 0 Å². The van der Waals surface area contributed by atoms with Crippen LogP contribution in [0.25, 0.3) is 0 Å². The fourth-order valence-corrected chi connectivity index (χ4v) is 2.38. The van der Waals surface area contributed by atoms with Crippen molar-refractivity contribution in [3.05, 3.63) is 12.2 Å². The van der Waals surface area contributed by atoms with Crippen molar-refractivity contribution in [1.82, 2.24) is 5.32 Å². The smallest absolute Gasteiger partial charge is 0.0722 e. The quantitative estimate of drug-likeness (QED) is 0.734. The Balaban J connectivity index is 2.39. The van der Waals surface area contributed by atoms with E-state index in [9.17, 15) is 0 Å². The van der Waals surface area contributed by atoms with E-state index in [4.69, 9.17) is 4.74 Å². The summed E-state index contributed by atoms with van der Waals surface area (Å²) in [5.74, 6) is 2.01. The Morgan fingerprint density at radius 2 is 1.84 bits per heavy atom. The molecule has 0 saturated heterocycles. The van der Waals surface area contributed by atoms with Crippen LogP contribution in [0, 0.1) is 17.8 Å². The molecule has 3 atom stereocenters. The van der Waals surface area contributed by atoms with Gasteiger partial charge in [0.25, 0.3) is 0 Å². The van der Waals surface area contributed by atoms with Crippen LogP contribution in [-0.2, 0) is 4.74 Å². The van der Waals surface area contributed by atoms with Gasteiger partial charge in [-0.3, -0.25) is 0 Å². The van der Waals surface area contributed by atoms with Gasteiger partial charge in [0.05, 0.1) is 12.7 Å². The lowest BCUT2D eigenvalue weighted by Gasteiger charge is -2.31. The highest BCUT2D eigenvalue weighted by Crippen LogP contribution is 2.26. The van der Waals surface area contributed by atoms with Gasteiger partial charge < -0.3 is 10.1 Å². The molecular formula is C17H33NO. The lowest BCUT2D eigenvalue weighted by atomic mass is 9.85. The first-order valence-corrected chi connectivity index (χ1v) is 7.81. The van der Waals surface area contributed by atoms with Crippen molar-refractivity contribution in [2.75, 3.05) is 13.2 Å². The van der Waals surface area contributed by atoms with Gasteiger partial charge in [0, 0.05) is 12.1 Å². The minimum atomic E-state index is 0.164. The van der Waals surface area contributed by atoms with Crippen LogP contribution < -0.4 is 5.32 Å². The molecule has 1 N–H and O–H groups in total. The summed E-state index contributed by atoms with van der Waals surface area (Å²) in [6, 6.07) is 0. The fraction of sp³-hybridized carbons (Fsp3) is 0.882. The molecule has 0 heterocycles. The summed E-state index contributed by atoms with van der Waals surface area (Å²) in [5.41, 5.74) is 0.164. The van der Waals surface area contributed by atoms with Crippen LogP contribution >= 0.6 is 0 Å². The zero-order valence-electron chi connectivity index (χ0n) is 13.7. The second kappa shape index (κ2) is 7.44. The Morgan fingerprint density at radius 1 is 1.21 bits per heavy atom. The Labute approximate surface area is 120 Å². The molecule has 2 nitrogen and oxygen atoms in total. The summed E-state index contributed by atoms with van der Waals surface area (Å²) in [6.45, 7) is 15.3. The van der Waals surface area contributed by atoms with Crippen LogP contribution in [0.3, 0.4) is 0 Å². The third-order valence-electron chi connectivity index (χ3n) is 4.02. The summed E-state index contributed by atoms with van der Waals surface area (Å²) >= 11 is 0. The Hall–Kier alpha value is -0.340. The largest absolute Gasteiger partial charge is 0.376 e. The highest BCUT2D eigenvalue weighted by Gasteiger charge is 2.22. The van der Waals surface area contributed by atoms with E-state index in [0.717, 1.165) is 19.1 Å². The molecule has 0 amide bonds. The lowest BCUT2D eigenvalue weighted by molar-refractivity contribution is -0.00992. The molecule has 0 aromatic rings. The molecule has 2 heteroatoms. The van der Waals surface area contributed by atoms with Crippen molar-refractivity contribution in [1.29, 1.82) is 0 Å². The molecule has 3 unspecified atom stereocenters. The van der Waals surface area contributed by atoms with Crippen molar-refractivity contribution in [2.24, 2.45) is 17.8 Å². The Kier molecular flexibility index (Phi) is 6.55. The molecule has 0 aliphatic heterocycles. The van der Waals surface area contributed by atoms with Crippen LogP contribution in [0.15, 0.2) is 12.2 Å². The minimum absolute atomic E-state index is 0.164. The van der Waals surface area contributed by atoms with E-state index >= 15 is 0 Å². The second-order valence-corrected chi connectivity index (χ2v) is 7.43. The summed E-state index contributed by atoms with van der Waals surface area (Å²) in [6.07, 6.45) is 7.32. The molecule has 0 aromatic carbocycles. The molecule has 0 radical (unpaired) electrons. The number of ether oxygens (including phenoxy) is 1. The zero-order valence-corrected chi connectivity index (χ0v) is 13.7. The predicted octanol–water partition coefficient (Wildman–Crippen LogP) is 4.02. The van der Waals surface area contributed by atoms with Gasteiger partial charge in [0.15, 0.2) is 0 Å². The van der Waals surface area contributed by atoms with E-state index < -0.39 is 0 Å². The Bertz CT molecular complexity index is 277. The molecule has 0 aromatic heterocycles. The van der Waals surface area contributed by atoms with Crippen LogP contribution in [0.4, 0.5) is 0 Å². The zero-order chi connectivity index (χ0) is 14.5. The number of allylic oxidation sites excluding steroid dienone is 2. The molecule has 1 rings (SSSR count). The minimum Gasteiger partial charge on any atom is -0.376 e. The third-order valence-corrected chi connectivity index (χ3v) is 4.02. The van der Waals surface area contributed by atoms with Crippen molar-refractivity contribution < 1.29 is 4.74 Å². The van der Waals surface area contributed by atoms with Gasteiger partial charge in [0.1, 0.15) is 0 Å². The van der Waals surface area contributed by atoms with Gasteiger partial charge in [-0.1, -0.05) is 32.9 Å². The normalized spacial score (nSPS) is 25.8. The highest BCUT2D eigenvalue weighted by atomic mass is 16.5. The maximum atomic E-state index is 6.21.